The third-order valence-electron chi connectivity index (χ3n) is 1.78. The molecule has 0 atom stereocenters. The summed E-state index contributed by atoms with van der Waals surface area (Å²) >= 11 is 2.05. The first-order valence-electron chi connectivity index (χ1n) is 3.65. The zero-order valence-corrected chi connectivity index (χ0v) is 8.67. The van der Waals surface area contributed by atoms with Gasteiger partial charge in [-0.25, -0.2) is 9.37 Å². The quantitative estimate of drug-likeness (QED) is 0.787. The van der Waals surface area contributed by atoms with E-state index in [0.717, 1.165) is 9.77 Å². The Balaban J connectivity index is 2.77. The summed E-state index contributed by atoms with van der Waals surface area (Å²) < 4.78 is 13.6. The van der Waals surface area contributed by atoms with Gasteiger partial charge in [-0.1, -0.05) is 0 Å². The molecule has 2 N–H and O–H groups in total. The summed E-state index contributed by atoms with van der Waals surface area (Å²) in [6.45, 7) is -0.0871. The Hall–Kier alpha value is -0.690. The molecule has 2 aromatic heterocycles. The van der Waals surface area contributed by atoms with Crippen LogP contribution in [0.15, 0.2) is 12.3 Å². The van der Waals surface area contributed by atoms with Gasteiger partial charge in [0.05, 0.1) is 18.5 Å². The topological polar surface area (TPSA) is 48.9 Å². The van der Waals surface area contributed by atoms with Gasteiger partial charge in [-0.3, -0.25) is 0 Å². The van der Waals surface area contributed by atoms with E-state index < -0.39 is 0 Å². The number of H-pyrrole nitrogens is 1. The SMILES string of the molecule is OCc1[nH]c2ncc(F)cc2c1I. The normalized spacial score (nSPS) is 11.0. The van der Waals surface area contributed by atoms with Crippen molar-refractivity contribution in [3.8, 4) is 0 Å². The predicted molar refractivity (Wildman–Crippen MR) is 54.7 cm³/mol. The van der Waals surface area contributed by atoms with E-state index in [9.17, 15) is 4.39 Å². The van der Waals surface area contributed by atoms with Gasteiger partial charge in [0.25, 0.3) is 0 Å². The van der Waals surface area contributed by atoms with Gasteiger partial charge in [0, 0.05) is 8.96 Å². The lowest BCUT2D eigenvalue weighted by Gasteiger charge is -1.89. The smallest absolute Gasteiger partial charge is 0.142 e. The number of fused-ring (bicyclic) bond motifs is 1. The summed E-state index contributed by atoms with van der Waals surface area (Å²) in [6, 6.07) is 1.40. The molecular weight excluding hydrogens is 286 g/mol. The lowest BCUT2D eigenvalue weighted by molar-refractivity contribution is 0.277. The number of pyridine rings is 1. The van der Waals surface area contributed by atoms with Gasteiger partial charge >= 0.3 is 0 Å². The second-order valence-corrected chi connectivity index (χ2v) is 3.70. The summed E-state index contributed by atoms with van der Waals surface area (Å²) in [5, 5.41) is 9.64. The fraction of sp³-hybridized carbons (Fsp3) is 0.125. The zero-order chi connectivity index (χ0) is 9.42. The number of nitrogens with zero attached hydrogens (tertiary/aromatic N) is 1. The Kier molecular flexibility index (Phi) is 2.20. The van der Waals surface area contributed by atoms with Gasteiger partial charge in [0.15, 0.2) is 0 Å². The maximum atomic E-state index is 12.8. The van der Waals surface area contributed by atoms with Crippen molar-refractivity contribution in [3.63, 3.8) is 0 Å². The number of aliphatic hydroxyl groups is 1. The van der Waals surface area contributed by atoms with Crippen LogP contribution in [-0.2, 0) is 6.61 Å². The highest BCUT2D eigenvalue weighted by molar-refractivity contribution is 14.1. The van der Waals surface area contributed by atoms with Crippen LogP contribution in [0.1, 0.15) is 5.69 Å². The first-order chi connectivity index (χ1) is 6.22. The maximum Gasteiger partial charge on any atom is 0.142 e. The molecule has 0 saturated heterocycles. The van der Waals surface area contributed by atoms with Crippen molar-refractivity contribution in [1.29, 1.82) is 0 Å². The van der Waals surface area contributed by atoms with Gasteiger partial charge in [-0.05, 0) is 28.7 Å². The monoisotopic (exact) mass is 292 g/mol. The van der Waals surface area contributed by atoms with Crippen molar-refractivity contribution >= 4 is 33.6 Å². The second-order valence-electron chi connectivity index (χ2n) is 2.63. The van der Waals surface area contributed by atoms with Gasteiger partial charge in [0.1, 0.15) is 11.5 Å². The summed E-state index contributed by atoms with van der Waals surface area (Å²) in [5.41, 5.74) is 1.28. The van der Waals surface area contributed by atoms with E-state index in [1.807, 2.05) is 0 Å². The summed E-state index contributed by atoms with van der Waals surface area (Å²) in [7, 11) is 0. The van der Waals surface area contributed by atoms with Crippen LogP contribution in [0.5, 0.6) is 0 Å². The number of halogens is 2. The molecule has 3 nitrogen and oxygen atoms in total. The molecule has 0 aliphatic heterocycles. The lowest BCUT2D eigenvalue weighted by atomic mass is 10.3. The first kappa shape index (κ1) is 8.89. The Morgan fingerprint density at radius 2 is 2.38 bits per heavy atom. The highest BCUT2D eigenvalue weighted by Crippen LogP contribution is 2.23. The average Bonchev–Trinajstić information content (AvgIpc) is 2.44. The molecule has 0 bridgehead atoms. The minimum atomic E-state index is -0.367. The highest BCUT2D eigenvalue weighted by Gasteiger charge is 2.09. The van der Waals surface area contributed by atoms with Crippen LogP contribution in [-0.4, -0.2) is 15.1 Å². The van der Waals surface area contributed by atoms with Crippen molar-refractivity contribution in [1.82, 2.24) is 9.97 Å². The van der Waals surface area contributed by atoms with Gasteiger partial charge in [-0.2, -0.15) is 0 Å². The van der Waals surface area contributed by atoms with E-state index in [0.29, 0.717) is 16.7 Å². The Bertz CT molecular complexity index is 455. The van der Waals surface area contributed by atoms with Gasteiger partial charge in [-0.15, -0.1) is 0 Å². The molecule has 68 valence electrons. The largest absolute Gasteiger partial charge is 0.390 e. The predicted octanol–water partition coefficient (Wildman–Crippen LogP) is 1.80. The van der Waals surface area contributed by atoms with E-state index in [2.05, 4.69) is 32.6 Å². The van der Waals surface area contributed by atoms with Crippen LogP contribution in [0.3, 0.4) is 0 Å². The minimum absolute atomic E-state index is 0.0871. The summed E-state index contributed by atoms with van der Waals surface area (Å²) in [4.78, 5) is 6.77. The molecule has 2 aromatic rings. The van der Waals surface area contributed by atoms with Gasteiger partial charge < -0.3 is 10.1 Å². The molecule has 0 aliphatic carbocycles. The Labute approximate surface area is 87.1 Å². The zero-order valence-electron chi connectivity index (χ0n) is 6.51. The number of hydrogen-bond donors (Lipinski definition) is 2. The van der Waals surface area contributed by atoms with E-state index in [1.54, 1.807) is 0 Å². The maximum absolute atomic E-state index is 12.8. The summed E-state index contributed by atoms with van der Waals surface area (Å²) in [5.74, 6) is -0.367. The van der Waals surface area contributed by atoms with Crippen LogP contribution >= 0.6 is 22.6 Å². The number of nitrogens with one attached hydrogen (secondary N) is 1. The fourth-order valence-corrected chi connectivity index (χ4v) is 1.89. The Morgan fingerprint density at radius 1 is 1.62 bits per heavy atom. The van der Waals surface area contributed by atoms with E-state index in [-0.39, 0.29) is 12.4 Å². The van der Waals surface area contributed by atoms with Crippen molar-refractivity contribution in [2.45, 2.75) is 6.61 Å². The third kappa shape index (κ3) is 1.42. The number of aliphatic hydroxyl groups excluding tert-OH is 1. The molecule has 2 rings (SSSR count). The lowest BCUT2D eigenvalue weighted by Crippen LogP contribution is -1.83. The number of aromatic nitrogens is 2. The van der Waals surface area contributed by atoms with Crippen molar-refractivity contribution in [2.24, 2.45) is 0 Å². The van der Waals surface area contributed by atoms with Gasteiger partial charge in [0.2, 0.25) is 0 Å². The van der Waals surface area contributed by atoms with Crippen LogP contribution in [0.2, 0.25) is 0 Å². The van der Waals surface area contributed by atoms with Crippen LogP contribution in [0.25, 0.3) is 11.0 Å². The molecular formula is C8H6FIN2O. The summed E-state index contributed by atoms with van der Waals surface area (Å²) in [6.07, 6.45) is 1.15. The van der Waals surface area contributed by atoms with Crippen LogP contribution < -0.4 is 0 Å². The fourth-order valence-electron chi connectivity index (χ4n) is 1.18. The first-order valence-corrected chi connectivity index (χ1v) is 4.72. The molecule has 0 amide bonds. The van der Waals surface area contributed by atoms with E-state index in [4.69, 9.17) is 5.11 Å². The molecule has 13 heavy (non-hydrogen) atoms. The van der Waals surface area contributed by atoms with E-state index in [1.165, 1.54) is 6.07 Å². The molecule has 5 heteroatoms. The number of aromatic amines is 1. The minimum Gasteiger partial charge on any atom is -0.390 e. The average molecular weight is 292 g/mol. The molecule has 0 spiro atoms. The standard InChI is InChI=1S/C8H6FIN2O/c9-4-1-5-7(10)6(3-13)12-8(5)11-2-4/h1-2,13H,3H2,(H,11,12). The molecule has 0 fully saturated rings. The third-order valence-corrected chi connectivity index (χ3v) is 3.02. The molecule has 0 aliphatic rings. The van der Waals surface area contributed by atoms with Crippen LogP contribution in [0, 0.1) is 9.39 Å². The van der Waals surface area contributed by atoms with Crippen molar-refractivity contribution in [2.75, 3.05) is 0 Å². The molecule has 0 unspecified atom stereocenters. The molecule has 0 radical (unpaired) electrons. The highest BCUT2D eigenvalue weighted by atomic mass is 127. The van der Waals surface area contributed by atoms with Crippen LogP contribution in [0.4, 0.5) is 4.39 Å². The molecule has 2 heterocycles. The number of hydrogen-bond acceptors (Lipinski definition) is 2. The second kappa shape index (κ2) is 3.22. The molecule has 0 saturated carbocycles. The van der Waals surface area contributed by atoms with E-state index >= 15 is 0 Å². The number of rotatable bonds is 1. The molecule has 0 aromatic carbocycles. The van der Waals surface area contributed by atoms with Crippen molar-refractivity contribution in [3.05, 3.63) is 27.3 Å². The van der Waals surface area contributed by atoms with Crippen molar-refractivity contribution < 1.29 is 9.50 Å². The Morgan fingerprint density at radius 3 is 3.08 bits per heavy atom.